The SMILES string of the molecule is O=C1C=C(Cl)C(=O)C(C2C(Cl)SC(=Nc3ccccc3)N2c2ccccc2)=C1. The van der Waals surface area contributed by atoms with Crippen molar-refractivity contribution in [2.24, 2.45) is 4.99 Å². The molecule has 1 heterocycles. The molecule has 7 heteroatoms. The van der Waals surface area contributed by atoms with Gasteiger partial charge in [0.1, 0.15) is 4.71 Å². The average Bonchev–Trinajstić information content (AvgIpc) is 3.01. The van der Waals surface area contributed by atoms with Gasteiger partial charge in [-0.05, 0) is 30.3 Å². The summed E-state index contributed by atoms with van der Waals surface area (Å²) in [5, 5.41) is 0.548. The third-order valence-electron chi connectivity index (χ3n) is 4.33. The fourth-order valence-corrected chi connectivity index (χ4v) is 4.89. The van der Waals surface area contributed by atoms with E-state index in [0.717, 1.165) is 17.5 Å². The molecule has 1 fully saturated rings. The number of halogens is 2. The molecule has 0 N–H and O–H groups in total. The maximum atomic E-state index is 12.7. The molecule has 2 aromatic carbocycles. The lowest BCUT2D eigenvalue weighted by atomic mass is 9.96. The Hall–Kier alpha value is -2.34. The van der Waals surface area contributed by atoms with E-state index in [-0.39, 0.29) is 22.2 Å². The van der Waals surface area contributed by atoms with Gasteiger partial charge in [-0.1, -0.05) is 59.8 Å². The summed E-state index contributed by atoms with van der Waals surface area (Å²) in [4.78, 5) is 31.3. The van der Waals surface area contributed by atoms with Crippen molar-refractivity contribution in [3.63, 3.8) is 0 Å². The number of carbonyl (C=O) groups excluding carboxylic acids is 2. The van der Waals surface area contributed by atoms with Crippen LogP contribution in [0.15, 0.2) is 88.4 Å². The summed E-state index contributed by atoms with van der Waals surface area (Å²) in [6.07, 6.45) is 2.45. The Bertz CT molecular complexity index is 1020. The van der Waals surface area contributed by atoms with Gasteiger partial charge >= 0.3 is 0 Å². The minimum Gasteiger partial charge on any atom is -0.311 e. The zero-order valence-corrected chi connectivity index (χ0v) is 16.8. The van der Waals surface area contributed by atoms with E-state index < -0.39 is 10.8 Å². The molecule has 4 rings (SSSR count). The second-order valence-electron chi connectivity index (χ2n) is 6.17. The van der Waals surface area contributed by atoms with Crippen LogP contribution in [-0.4, -0.2) is 27.5 Å². The number of rotatable bonds is 3. The van der Waals surface area contributed by atoms with Gasteiger partial charge in [0.05, 0.1) is 16.8 Å². The van der Waals surface area contributed by atoms with E-state index in [1.54, 1.807) is 0 Å². The van der Waals surface area contributed by atoms with Crippen LogP contribution in [0.25, 0.3) is 0 Å². The normalized spacial score (nSPS) is 23.8. The number of amidine groups is 1. The summed E-state index contributed by atoms with van der Waals surface area (Å²) >= 11 is 14.0. The van der Waals surface area contributed by atoms with Crippen molar-refractivity contribution in [2.45, 2.75) is 10.8 Å². The van der Waals surface area contributed by atoms with Crippen LogP contribution in [0.4, 0.5) is 11.4 Å². The van der Waals surface area contributed by atoms with Crippen molar-refractivity contribution in [2.75, 3.05) is 4.90 Å². The maximum Gasteiger partial charge on any atom is 0.202 e. The van der Waals surface area contributed by atoms with Crippen LogP contribution < -0.4 is 4.90 Å². The molecule has 0 bridgehead atoms. The Morgan fingerprint density at radius 2 is 1.57 bits per heavy atom. The average molecular weight is 429 g/mol. The van der Waals surface area contributed by atoms with E-state index in [1.165, 1.54) is 17.8 Å². The minimum atomic E-state index is -0.574. The summed E-state index contributed by atoms with van der Waals surface area (Å²) in [6.45, 7) is 0. The first-order chi connectivity index (χ1) is 13.5. The molecule has 2 atom stereocenters. The molecule has 0 aromatic heterocycles. The molecule has 0 saturated carbocycles. The molecule has 0 spiro atoms. The van der Waals surface area contributed by atoms with Crippen molar-refractivity contribution >= 4 is 63.1 Å². The molecule has 4 nitrogen and oxygen atoms in total. The fraction of sp³-hybridized carbons (Fsp3) is 0.0952. The summed E-state index contributed by atoms with van der Waals surface area (Å²) in [5.41, 5.74) is 1.87. The van der Waals surface area contributed by atoms with Crippen molar-refractivity contribution < 1.29 is 9.59 Å². The Balaban J connectivity index is 1.82. The number of benzene rings is 2. The van der Waals surface area contributed by atoms with E-state index in [9.17, 15) is 9.59 Å². The predicted octanol–water partition coefficient (Wildman–Crippen LogP) is 5.06. The van der Waals surface area contributed by atoms with Crippen LogP contribution >= 0.6 is 35.0 Å². The molecule has 1 aliphatic carbocycles. The number of ketones is 2. The summed E-state index contributed by atoms with van der Waals surface area (Å²) in [5.74, 6) is -0.714. The van der Waals surface area contributed by atoms with Gasteiger partial charge in [0.2, 0.25) is 5.78 Å². The van der Waals surface area contributed by atoms with Gasteiger partial charge < -0.3 is 4.90 Å². The Morgan fingerprint density at radius 3 is 2.25 bits per heavy atom. The molecule has 140 valence electrons. The number of alkyl halides is 1. The Kier molecular flexibility index (Phi) is 5.40. The number of thioether (sulfide) groups is 1. The first-order valence-electron chi connectivity index (χ1n) is 8.51. The molecule has 2 aromatic rings. The molecular weight excluding hydrogens is 415 g/mol. The van der Waals surface area contributed by atoms with Crippen molar-refractivity contribution in [3.05, 3.63) is 83.4 Å². The van der Waals surface area contributed by atoms with E-state index in [4.69, 9.17) is 28.2 Å². The van der Waals surface area contributed by atoms with Crippen LogP contribution in [0, 0.1) is 0 Å². The third-order valence-corrected chi connectivity index (χ3v) is 6.10. The van der Waals surface area contributed by atoms with Gasteiger partial charge in [0.25, 0.3) is 0 Å². The van der Waals surface area contributed by atoms with Gasteiger partial charge in [-0.25, -0.2) is 4.99 Å². The minimum absolute atomic E-state index is 0.0992. The zero-order valence-electron chi connectivity index (χ0n) is 14.5. The van der Waals surface area contributed by atoms with Gasteiger partial charge in [-0.3, -0.25) is 9.59 Å². The molecule has 0 amide bonds. The lowest BCUT2D eigenvalue weighted by molar-refractivity contribution is -0.115. The van der Waals surface area contributed by atoms with Gasteiger partial charge in [0.15, 0.2) is 11.0 Å². The fourth-order valence-electron chi connectivity index (χ4n) is 3.10. The van der Waals surface area contributed by atoms with Crippen molar-refractivity contribution in [3.8, 4) is 0 Å². The van der Waals surface area contributed by atoms with E-state index in [2.05, 4.69) is 0 Å². The monoisotopic (exact) mass is 428 g/mol. The highest BCUT2D eigenvalue weighted by Crippen LogP contribution is 2.43. The van der Waals surface area contributed by atoms with Gasteiger partial charge in [-0.2, -0.15) is 0 Å². The number of aliphatic imine (C=N–C) groups is 1. The Labute approximate surface area is 176 Å². The summed E-state index contributed by atoms with van der Waals surface area (Å²) < 4.78 is -0.520. The standard InChI is InChI=1S/C21H14Cl2N2O2S/c22-17-12-15(26)11-16(19(17)27)18-20(23)28-21(24-13-7-3-1-4-8-13)25(18)14-9-5-2-6-10-14/h1-12,18,20H. The predicted molar refractivity (Wildman–Crippen MR) is 116 cm³/mol. The van der Waals surface area contributed by atoms with Gasteiger partial charge in [-0.15, -0.1) is 11.6 Å². The van der Waals surface area contributed by atoms with Crippen LogP contribution in [-0.2, 0) is 9.59 Å². The number of hydrogen-bond donors (Lipinski definition) is 0. The number of anilines is 1. The van der Waals surface area contributed by atoms with E-state index >= 15 is 0 Å². The molecule has 28 heavy (non-hydrogen) atoms. The molecule has 1 aliphatic heterocycles. The smallest absolute Gasteiger partial charge is 0.202 e. The highest BCUT2D eigenvalue weighted by molar-refractivity contribution is 8.16. The number of allylic oxidation sites excluding steroid dienone is 3. The molecule has 2 aliphatic rings. The van der Waals surface area contributed by atoms with E-state index in [0.29, 0.717) is 5.17 Å². The molecule has 0 radical (unpaired) electrons. The maximum absolute atomic E-state index is 12.7. The second kappa shape index (κ2) is 7.95. The summed E-state index contributed by atoms with van der Waals surface area (Å²) in [7, 11) is 0. The van der Waals surface area contributed by atoms with Crippen molar-refractivity contribution in [1.29, 1.82) is 0 Å². The quantitative estimate of drug-likeness (QED) is 0.506. The largest absolute Gasteiger partial charge is 0.311 e. The zero-order chi connectivity index (χ0) is 19.7. The number of para-hydroxylation sites is 2. The topological polar surface area (TPSA) is 49.7 Å². The highest BCUT2D eigenvalue weighted by atomic mass is 35.5. The summed E-state index contributed by atoms with van der Waals surface area (Å²) in [6, 6.07) is 18.4. The highest BCUT2D eigenvalue weighted by Gasteiger charge is 2.44. The second-order valence-corrected chi connectivity index (χ2v) is 8.42. The first-order valence-corrected chi connectivity index (χ1v) is 10.2. The molecule has 2 unspecified atom stereocenters. The number of Topliss-reactive ketones (excluding diaryl/α,β-unsaturated/α-hetero) is 1. The Morgan fingerprint density at radius 1 is 0.929 bits per heavy atom. The van der Waals surface area contributed by atoms with Crippen LogP contribution in [0.1, 0.15) is 0 Å². The van der Waals surface area contributed by atoms with Crippen LogP contribution in [0.3, 0.4) is 0 Å². The molecular formula is C21H14Cl2N2O2S. The van der Waals surface area contributed by atoms with Crippen LogP contribution in [0.2, 0.25) is 0 Å². The first kappa shape index (κ1) is 19.0. The van der Waals surface area contributed by atoms with E-state index in [1.807, 2.05) is 65.6 Å². The third kappa shape index (κ3) is 3.65. The van der Waals surface area contributed by atoms with Crippen molar-refractivity contribution in [1.82, 2.24) is 0 Å². The lowest BCUT2D eigenvalue weighted by Gasteiger charge is -2.29. The van der Waals surface area contributed by atoms with Gasteiger partial charge in [0, 0.05) is 17.3 Å². The number of hydrogen-bond acceptors (Lipinski definition) is 4. The lowest BCUT2D eigenvalue weighted by Crippen LogP contribution is -2.40. The number of nitrogens with zero attached hydrogens (tertiary/aromatic N) is 2. The molecule has 1 saturated heterocycles. The number of carbonyl (C=O) groups is 2. The van der Waals surface area contributed by atoms with Crippen LogP contribution in [0.5, 0.6) is 0 Å².